The first-order valence-corrected chi connectivity index (χ1v) is 10.1. The van der Waals surface area contributed by atoms with Gasteiger partial charge in [-0.3, -0.25) is 5.10 Å². The Hall–Kier alpha value is -4.38. The van der Waals surface area contributed by atoms with Gasteiger partial charge in [0.25, 0.3) is 0 Å². The van der Waals surface area contributed by atoms with Crippen LogP contribution in [0.3, 0.4) is 0 Å². The van der Waals surface area contributed by atoms with Gasteiger partial charge in [-0.1, -0.05) is 32.9 Å². The van der Waals surface area contributed by atoms with Gasteiger partial charge in [0.15, 0.2) is 5.65 Å². The summed E-state index contributed by atoms with van der Waals surface area (Å²) in [7, 11) is 0. The largest absolute Gasteiger partial charge is 0.383 e. The Morgan fingerprint density at radius 2 is 1.62 bits per heavy atom. The van der Waals surface area contributed by atoms with Crippen LogP contribution in [0, 0.1) is 11.3 Å². The number of carbonyl (C=O) groups is 1. The Morgan fingerprint density at radius 1 is 1.03 bits per heavy atom. The van der Waals surface area contributed by atoms with Crippen molar-refractivity contribution < 1.29 is 4.79 Å². The quantitative estimate of drug-likeness (QED) is 0.366. The summed E-state index contributed by atoms with van der Waals surface area (Å²) in [6.45, 7) is 6.29. The molecule has 8 heteroatoms. The lowest BCUT2D eigenvalue weighted by atomic mass is 9.89. The van der Waals surface area contributed by atoms with Crippen molar-refractivity contribution in [3.8, 4) is 17.2 Å². The van der Waals surface area contributed by atoms with Gasteiger partial charge in [-0.15, -0.1) is 0 Å². The van der Waals surface area contributed by atoms with E-state index in [1.54, 1.807) is 24.3 Å². The number of benzene rings is 2. The van der Waals surface area contributed by atoms with Crippen LogP contribution in [-0.2, 0) is 5.41 Å². The van der Waals surface area contributed by atoms with Gasteiger partial charge in [-0.25, -0.2) is 9.78 Å². The fourth-order valence-electron chi connectivity index (χ4n) is 3.31. The smallest absolute Gasteiger partial charge is 0.323 e. The molecule has 0 bridgehead atoms. The van der Waals surface area contributed by atoms with Crippen molar-refractivity contribution in [3.63, 3.8) is 0 Å². The van der Waals surface area contributed by atoms with Crippen molar-refractivity contribution in [1.82, 2.24) is 15.2 Å². The molecule has 0 fully saturated rings. The molecular weight excluding hydrogens is 402 g/mol. The molecule has 4 aromatic rings. The Labute approximate surface area is 185 Å². The number of hydrogen-bond acceptors (Lipinski definition) is 5. The van der Waals surface area contributed by atoms with Crippen molar-refractivity contribution in [3.05, 3.63) is 65.9 Å². The van der Waals surface area contributed by atoms with Crippen LogP contribution in [0.1, 0.15) is 32.0 Å². The molecule has 0 aliphatic rings. The number of hydrogen-bond donors (Lipinski definition) is 4. The van der Waals surface area contributed by atoms with Gasteiger partial charge >= 0.3 is 6.03 Å². The topological polar surface area (TPSA) is 133 Å². The molecule has 2 aromatic carbocycles. The van der Waals surface area contributed by atoms with E-state index in [1.165, 1.54) is 0 Å². The van der Waals surface area contributed by atoms with Gasteiger partial charge in [-0.05, 0) is 53.6 Å². The van der Waals surface area contributed by atoms with E-state index in [-0.39, 0.29) is 11.4 Å². The van der Waals surface area contributed by atoms with Crippen molar-refractivity contribution in [2.75, 3.05) is 16.4 Å². The number of urea groups is 1. The van der Waals surface area contributed by atoms with E-state index >= 15 is 0 Å². The lowest BCUT2D eigenvalue weighted by Crippen LogP contribution is -2.19. The number of amides is 2. The van der Waals surface area contributed by atoms with E-state index in [0.29, 0.717) is 28.4 Å². The highest BCUT2D eigenvalue weighted by Crippen LogP contribution is 2.34. The predicted molar refractivity (Wildman–Crippen MR) is 126 cm³/mol. The number of nitriles is 1. The van der Waals surface area contributed by atoms with Crippen LogP contribution in [0.5, 0.6) is 0 Å². The number of nitrogens with two attached hydrogens (primary N) is 1. The lowest BCUT2D eigenvalue weighted by Gasteiger charge is -2.19. The van der Waals surface area contributed by atoms with Gasteiger partial charge in [0.1, 0.15) is 5.82 Å². The molecule has 0 atom stereocenters. The number of nitrogens with one attached hydrogen (secondary N) is 3. The minimum Gasteiger partial charge on any atom is -0.383 e. The normalized spacial score (nSPS) is 11.2. The third kappa shape index (κ3) is 4.23. The maximum atomic E-state index is 12.3. The molecule has 2 amide bonds. The molecule has 2 heterocycles. The van der Waals surface area contributed by atoms with E-state index in [9.17, 15) is 4.79 Å². The van der Waals surface area contributed by atoms with E-state index < -0.39 is 0 Å². The fraction of sp³-hybridized carbons (Fsp3) is 0.167. The highest BCUT2D eigenvalue weighted by molar-refractivity contribution is 6.01. The fourth-order valence-corrected chi connectivity index (χ4v) is 3.31. The van der Waals surface area contributed by atoms with Gasteiger partial charge in [0, 0.05) is 22.5 Å². The predicted octanol–water partition coefficient (Wildman–Crippen LogP) is 5.02. The molecule has 0 saturated heterocycles. The molecule has 0 spiro atoms. The van der Waals surface area contributed by atoms with Crippen molar-refractivity contribution in [2.45, 2.75) is 26.2 Å². The Kier molecular flexibility index (Phi) is 5.24. The second-order valence-corrected chi connectivity index (χ2v) is 8.49. The van der Waals surface area contributed by atoms with Crippen LogP contribution in [-0.4, -0.2) is 21.2 Å². The Bertz CT molecular complexity index is 1320. The summed E-state index contributed by atoms with van der Waals surface area (Å²) in [6, 6.07) is 17.9. The minimum atomic E-state index is -0.372. The molecule has 0 radical (unpaired) electrons. The molecule has 160 valence electrons. The molecule has 0 aliphatic heterocycles. The number of rotatable bonds is 3. The number of nitrogen functional groups attached to an aromatic ring is 1. The zero-order valence-electron chi connectivity index (χ0n) is 18.0. The summed E-state index contributed by atoms with van der Waals surface area (Å²) < 4.78 is 0. The summed E-state index contributed by atoms with van der Waals surface area (Å²) in [5, 5.41) is 22.2. The maximum Gasteiger partial charge on any atom is 0.323 e. The van der Waals surface area contributed by atoms with Crippen molar-refractivity contribution in [1.29, 1.82) is 5.26 Å². The SMILES string of the molecule is CC(C)(C)c1cc(-c2ccc(NC(=O)Nc3ccc(C#N)cc3)cc2)c2c(N)[nH]nc2n1. The third-order valence-electron chi connectivity index (χ3n) is 5.05. The van der Waals surface area contributed by atoms with Crippen LogP contribution >= 0.6 is 0 Å². The molecule has 0 aliphatic carbocycles. The Balaban J connectivity index is 1.57. The van der Waals surface area contributed by atoms with E-state index in [2.05, 4.69) is 46.6 Å². The highest BCUT2D eigenvalue weighted by Gasteiger charge is 2.21. The van der Waals surface area contributed by atoms with Crippen LogP contribution in [0.15, 0.2) is 54.6 Å². The first kappa shape index (κ1) is 20.9. The number of carbonyl (C=O) groups excluding carboxylic acids is 1. The molecule has 4 rings (SSSR count). The van der Waals surface area contributed by atoms with Crippen LogP contribution < -0.4 is 16.4 Å². The van der Waals surface area contributed by atoms with Crippen LogP contribution in [0.25, 0.3) is 22.2 Å². The number of aromatic nitrogens is 3. The average molecular weight is 425 g/mol. The van der Waals surface area contributed by atoms with E-state index in [1.807, 2.05) is 36.4 Å². The second kappa shape index (κ2) is 8.04. The molecule has 0 saturated carbocycles. The summed E-state index contributed by atoms with van der Waals surface area (Å²) >= 11 is 0. The monoisotopic (exact) mass is 425 g/mol. The van der Waals surface area contributed by atoms with E-state index in [0.717, 1.165) is 22.2 Å². The highest BCUT2D eigenvalue weighted by atomic mass is 16.2. The molecule has 2 aromatic heterocycles. The molecule has 0 unspecified atom stereocenters. The molecule has 32 heavy (non-hydrogen) atoms. The van der Waals surface area contributed by atoms with Gasteiger partial charge in [0.05, 0.1) is 17.0 Å². The Morgan fingerprint density at radius 3 is 2.19 bits per heavy atom. The summed E-state index contributed by atoms with van der Waals surface area (Å²) in [5.74, 6) is 0.465. The van der Waals surface area contributed by atoms with Gasteiger partial charge in [0.2, 0.25) is 0 Å². The van der Waals surface area contributed by atoms with Gasteiger partial charge in [-0.2, -0.15) is 10.4 Å². The van der Waals surface area contributed by atoms with Crippen molar-refractivity contribution in [2.24, 2.45) is 0 Å². The summed E-state index contributed by atoms with van der Waals surface area (Å²) in [4.78, 5) is 17.0. The first-order valence-electron chi connectivity index (χ1n) is 10.1. The molecule has 5 N–H and O–H groups in total. The molecule has 8 nitrogen and oxygen atoms in total. The molecular formula is C24H23N7O. The summed E-state index contributed by atoms with van der Waals surface area (Å²) in [5.41, 5.74) is 11.1. The zero-order chi connectivity index (χ0) is 22.9. The second-order valence-electron chi connectivity index (χ2n) is 8.49. The zero-order valence-corrected chi connectivity index (χ0v) is 18.0. The average Bonchev–Trinajstić information content (AvgIpc) is 3.14. The minimum absolute atomic E-state index is 0.151. The lowest BCUT2D eigenvalue weighted by molar-refractivity contribution is 0.262. The van der Waals surface area contributed by atoms with E-state index in [4.69, 9.17) is 11.0 Å². The number of H-pyrrole nitrogens is 1. The van der Waals surface area contributed by atoms with Crippen LogP contribution in [0.2, 0.25) is 0 Å². The number of aromatic amines is 1. The number of anilines is 3. The third-order valence-corrected chi connectivity index (χ3v) is 5.05. The number of pyridine rings is 1. The number of nitrogens with zero attached hydrogens (tertiary/aromatic N) is 3. The van der Waals surface area contributed by atoms with Crippen molar-refractivity contribution >= 4 is 34.3 Å². The maximum absolute atomic E-state index is 12.3. The summed E-state index contributed by atoms with van der Waals surface area (Å²) in [6.07, 6.45) is 0. The van der Waals surface area contributed by atoms with Crippen LogP contribution in [0.4, 0.5) is 22.0 Å². The van der Waals surface area contributed by atoms with Gasteiger partial charge < -0.3 is 16.4 Å². The first-order chi connectivity index (χ1) is 15.2. The number of fused-ring (bicyclic) bond motifs is 1. The standard InChI is InChI=1S/C24H23N7O/c1-24(2,3)19-12-18(20-21(26)30-31-22(20)29-19)15-6-10-17(11-7-15)28-23(32)27-16-8-4-14(13-25)5-9-16/h4-12H,1-3H3,(H2,27,28,32)(H3,26,29,30,31).